The maximum atomic E-state index is 4.49. The van der Waals surface area contributed by atoms with Crippen molar-refractivity contribution < 1.29 is 0 Å². The van der Waals surface area contributed by atoms with Crippen LogP contribution in [0.4, 0.5) is 5.82 Å². The smallest absolute Gasteiger partial charge is 0.143 e. The molecule has 3 heterocycles. The van der Waals surface area contributed by atoms with Gasteiger partial charge in [0.15, 0.2) is 0 Å². The van der Waals surface area contributed by atoms with E-state index in [1.807, 2.05) is 12.3 Å². The molecular formula is C10H13N3S. The van der Waals surface area contributed by atoms with Gasteiger partial charge in [-0.2, -0.15) is 0 Å². The van der Waals surface area contributed by atoms with Gasteiger partial charge in [0.1, 0.15) is 5.82 Å². The highest BCUT2D eigenvalue weighted by atomic mass is 32.2. The third-order valence-electron chi connectivity index (χ3n) is 2.90. The lowest BCUT2D eigenvalue weighted by Crippen LogP contribution is -2.34. The fraction of sp³-hybridized carbons (Fsp3) is 0.500. The van der Waals surface area contributed by atoms with E-state index in [0.717, 1.165) is 13.1 Å². The molecule has 1 atom stereocenters. The minimum Gasteiger partial charge on any atom is -0.351 e. The molecule has 3 rings (SSSR count). The number of anilines is 1. The third kappa shape index (κ3) is 1.29. The number of pyridine rings is 1. The van der Waals surface area contributed by atoms with Gasteiger partial charge in [-0.15, -0.1) is 0 Å². The van der Waals surface area contributed by atoms with Crippen LogP contribution in [0.2, 0.25) is 0 Å². The van der Waals surface area contributed by atoms with Gasteiger partial charge < -0.3 is 4.90 Å². The average molecular weight is 207 g/mol. The Kier molecular flexibility index (Phi) is 2.10. The molecule has 0 saturated carbocycles. The first-order valence-electron chi connectivity index (χ1n) is 5.06. The predicted molar refractivity (Wildman–Crippen MR) is 58.5 cm³/mol. The van der Waals surface area contributed by atoms with E-state index in [0.29, 0.717) is 6.04 Å². The first-order valence-corrected chi connectivity index (χ1v) is 5.88. The number of rotatable bonds is 0. The van der Waals surface area contributed by atoms with Gasteiger partial charge in [-0.3, -0.25) is 4.72 Å². The maximum absolute atomic E-state index is 4.49. The first kappa shape index (κ1) is 8.56. The Bertz CT molecular complexity index is 342. The third-order valence-corrected chi connectivity index (χ3v) is 3.75. The Balaban J connectivity index is 2.04. The molecule has 1 unspecified atom stereocenters. The zero-order valence-electron chi connectivity index (χ0n) is 7.94. The Hall–Kier alpha value is -0.740. The van der Waals surface area contributed by atoms with E-state index in [2.05, 4.69) is 20.7 Å². The van der Waals surface area contributed by atoms with Crippen LogP contribution in [0.1, 0.15) is 12.8 Å². The fourth-order valence-corrected chi connectivity index (χ4v) is 3.06. The number of fused-ring (bicyclic) bond motifs is 3. The highest BCUT2D eigenvalue weighted by Crippen LogP contribution is 2.33. The second-order valence-electron chi connectivity index (χ2n) is 3.77. The molecule has 1 fully saturated rings. The lowest BCUT2D eigenvalue weighted by Gasteiger charge is -2.23. The Morgan fingerprint density at radius 1 is 1.57 bits per heavy atom. The molecule has 0 spiro atoms. The van der Waals surface area contributed by atoms with Crippen molar-refractivity contribution in [2.24, 2.45) is 0 Å². The largest absolute Gasteiger partial charge is 0.351 e. The highest BCUT2D eigenvalue weighted by molar-refractivity contribution is 7.97. The minimum atomic E-state index is 0.652. The van der Waals surface area contributed by atoms with Crippen LogP contribution in [0.15, 0.2) is 23.2 Å². The van der Waals surface area contributed by atoms with Crippen LogP contribution in [0.5, 0.6) is 0 Å². The van der Waals surface area contributed by atoms with E-state index in [1.165, 1.54) is 23.6 Å². The van der Waals surface area contributed by atoms with Crippen molar-refractivity contribution in [3.05, 3.63) is 18.3 Å². The summed E-state index contributed by atoms with van der Waals surface area (Å²) in [5.41, 5.74) is 0. The number of nitrogens with zero attached hydrogens (tertiary/aromatic N) is 2. The summed E-state index contributed by atoms with van der Waals surface area (Å²) in [6.45, 7) is 2.23. The van der Waals surface area contributed by atoms with Crippen molar-refractivity contribution in [2.75, 3.05) is 18.0 Å². The zero-order valence-corrected chi connectivity index (χ0v) is 8.76. The Morgan fingerprint density at radius 2 is 2.57 bits per heavy atom. The van der Waals surface area contributed by atoms with Gasteiger partial charge in [0.25, 0.3) is 0 Å². The summed E-state index contributed by atoms with van der Waals surface area (Å²) < 4.78 is 3.41. The number of aromatic nitrogens is 1. The normalized spacial score (nSPS) is 25.4. The molecule has 1 aromatic heterocycles. The summed E-state index contributed by atoms with van der Waals surface area (Å²) >= 11 is 1.71. The van der Waals surface area contributed by atoms with E-state index < -0.39 is 0 Å². The van der Waals surface area contributed by atoms with Crippen molar-refractivity contribution in [2.45, 2.75) is 23.8 Å². The topological polar surface area (TPSA) is 28.2 Å². The van der Waals surface area contributed by atoms with Crippen molar-refractivity contribution in [3.63, 3.8) is 0 Å². The predicted octanol–water partition coefficient (Wildman–Crippen LogP) is 1.66. The molecule has 2 aliphatic heterocycles. The van der Waals surface area contributed by atoms with E-state index in [-0.39, 0.29) is 0 Å². The van der Waals surface area contributed by atoms with Crippen LogP contribution in [0.25, 0.3) is 0 Å². The van der Waals surface area contributed by atoms with Crippen molar-refractivity contribution >= 4 is 17.8 Å². The molecule has 2 aliphatic rings. The summed E-state index contributed by atoms with van der Waals surface area (Å²) in [7, 11) is 0. The van der Waals surface area contributed by atoms with Gasteiger partial charge in [-0.25, -0.2) is 4.98 Å². The molecule has 4 heteroatoms. The maximum Gasteiger partial charge on any atom is 0.143 e. The first-order chi connectivity index (χ1) is 6.95. The van der Waals surface area contributed by atoms with Gasteiger partial charge in [0.05, 0.1) is 4.90 Å². The number of nitrogens with one attached hydrogen (secondary N) is 1. The summed E-state index contributed by atoms with van der Waals surface area (Å²) in [5.74, 6) is 1.17. The summed E-state index contributed by atoms with van der Waals surface area (Å²) in [6.07, 6.45) is 4.48. The Morgan fingerprint density at radius 3 is 3.57 bits per heavy atom. The van der Waals surface area contributed by atoms with Gasteiger partial charge in [-0.1, -0.05) is 0 Å². The van der Waals surface area contributed by atoms with Crippen LogP contribution in [0.3, 0.4) is 0 Å². The van der Waals surface area contributed by atoms with Gasteiger partial charge in [-0.05, 0) is 36.9 Å². The second kappa shape index (κ2) is 3.44. The summed E-state index contributed by atoms with van der Waals surface area (Å²) in [5, 5.41) is 0. The molecule has 14 heavy (non-hydrogen) atoms. The standard InChI is InChI=1S/C10H13N3S/c1-4-9-10(11-5-1)13-6-2-3-8(13)7-12-14-9/h1,4-5,8,12H,2-3,6-7H2. The van der Waals surface area contributed by atoms with Crippen molar-refractivity contribution in [1.29, 1.82) is 0 Å². The summed E-state index contributed by atoms with van der Waals surface area (Å²) in [6, 6.07) is 4.79. The summed E-state index contributed by atoms with van der Waals surface area (Å²) in [4.78, 5) is 8.19. The monoisotopic (exact) mass is 207 g/mol. The average Bonchev–Trinajstić information content (AvgIpc) is 2.61. The molecule has 0 radical (unpaired) electrons. The van der Waals surface area contributed by atoms with Gasteiger partial charge in [0, 0.05) is 25.3 Å². The molecule has 3 nitrogen and oxygen atoms in total. The quantitative estimate of drug-likeness (QED) is 0.655. The molecular weight excluding hydrogens is 194 g/mol. The Labute approximate surface area is 88.0 Å². The molecule has 0 amide bonds. The van der Waals surface area contributed by atoms with Crippen LogP contribution < -0.4 is 9.62 Å². The molecule has 0 aliphatic carbocycles. The fourth-order valence-electron chi connectivity index (χ4n) is 2.22. The van der Waals surface area contributed by atoms with Crippen LogP contribution in [-0.2, 0) is 0 Å². The molecule has 1 saturated heterocycles. The van der Waals surface area contributed by atoms with E-state index in [9.17, 15) is 0 Å². The number of hydrogen-bond donors (Lipinski definition) is 1. The zero-order chi connectivity index (χ0) is 9.38. The minimum absolute atomic E-state index is 0.652. The second-order valence-corrected chi connectivity index (χ2v) is 4.70. The molecule has 1 aromatic rings. The lowest BCUT2D eigenvalue weighted by molar-refractivity contribution is 0.655. The molecule has 0 aromatic carbocycles. The molecule has 74 valence electrons. The van der Waals surface area contributed by atoms with Crippen LogP contribution in [0, 0.1) is 0 Å². The SMILES string of the molecule is c1cnc2c(c1)SNCC1CCCN21. The van der Waals surface area contributed by atoms with Crippen LogP contribution in [-0.4, -0.2) is 24.1 Å². The van der Waals surface area contributed by atoms with Gasteiger partial charge in [0.2, 0.25) is 0 Å². The molecule has 1 N–H and O–H groups in total. The van der Waals surface area contributed by atoms with E-state index >= 15 is 0 Å². The van der Waals surface area contributed by atoms with E-state index in [1.54, 1.807) is 11.9 Å². The number of hydrogen-bond acceptors (Lipinski definition) is 4. The van der Waals surface area contributed by atoms with Crippen LogP contribution >= 0.6 is 11.9 Å². The van der Waals surface area contributed by atoms with Crippen molar-refractivity contribution in [1.82, 2.24) is 9.71 Å². The van der Waals surface area contributed by atoms with E-state index in [4.69, 9.17) is 0 Å². The highest BCUT2D eigenvalue weighted by Gasteiger charge is 2.29. The lowest BCUT2D eigenvalue weighted by atomic mass is 10.2. The van der Waals surface area contributed by atoms with Crippen molar-refractivity contribution in [3.8, 4) is 0 Å². The molecule has 0 bridgehead atoms. The van der Waals surface area contributed by atoms with Gasteiger partial charge >= 0.3 is 0 Å².